The Morgan fingerprint density at radius 2 is 2.43 bits per heavy atom. The molecule has 1 aliphatic heterocycles. The predicted molar refractivity (Wildman–Crippen MR) is 52.1 cm³/mol. The summed E-state index contributed by atoms with van der Waals surface area (Å²) in [6.07, 6.45) is 2.58. The molecule has 0 fully saturated rings. The lowest BCUT2D eigenvalue weighted by Crippen LogP contribution is -1.96. The molecular weight excluding hydrogens is 176 g/mol. The predicted octanol–water partition coefficient (Wildman–Crippen LogP) is 1.17. The number of hydrogen-bond acceptors (Lipinski definition) is 3. The zero-order valence-electron chi connectivity index (χ0n) is 7.49. The van der Waals surface area contributed by atoms with Gasteiger partial charge in [-0.25, -0.2) is 4.98 Å². The molecule has 0 aromatic carbocycles. The van der Waals surface area contributed by atoms with Crippen LogP contribution in [0.3, 0.4) is 0 Å². The number of nitrogens with zero attached hydrogens (tertiary/aromatic N) is 3. The number of pyridine rings is 1. The highest BCUT2D eigenvalue weighted by atomic mass is 15.1. The van der Waals surface area contributed by atoms with Crippen LogP contribution in [0.1, 0.15) is 11.4 Å². The van der Waals surface area contributed by atoms with E-state index < -0.39 is 0 Å². The molecule has 3 heterocycles. The molecule has 14 heavy (non-hydrogen) atoms. The largest absolute Gasteiger partial charge is 0.383 e. The lowest BCUT2D eigenvalue weighted by molar-refractivity contribution is 0.986. The fourth-order valence-corrected chi connectivity index (χ4v) is 1.94. The molecule has 3 rings (SSSR count). The Morgan fingerprint density at radius 1 is 1.50 bits per heavy atom. The standard InChI is InChI=1S/C10H8N4/c11-5-7-6-13-10-2-1-8-9(14(7)10)3-4-12-8/h1-2,6,12H,3-4H2. The lowest BCUT2D eigenvalue weighted by atomic mass is 10.3. The molecule has 0 saturated carbocycles. The zero-order valence-corrected chi connectivity index (χ0v) is 7.49. The molecule has 0 aliphatic carbocycles. The third kappa shape index (κ3) is 0.787. The molecule has 0 radical (unpaired) electrons. The molecule has 0 saturated heterocycles. The van der Waals surface area contributed by atoms with Crippen molar-refractivity contribution < 1.29 is 0 Å². The normalized spacial score (nSPS) is 13.6. The number of aromatic nitrogens is 2. The molecule has 0 unspecified atom stereocenters. The highest BCUT2D eigenvalue weighted by Gasteiger charge is 2.15. The zero-order chi connectivity index (χ0) is 9.54. The summed E-state index contributed by atoms with van der Waals surface area (Å²) in [7, 11) is 0. The van der Waals surface area contributed by atoms with Crippen molar-refractivity contribution in [3.8, 4) is 6.07 Å². The van der Waals surface area contributed by atoms with Crippen LogP contribution in [-0.2, 0) is 6.42 Å². The first-order valence-corrected chi connectivity index (χ1v) is 4.53. The van der Waals surface area contributed by atoms with Gasteiger partial charge in [0.1, 0.15) is 17.4 Å². The van der Waals surface area contributed by atoms with Crippen molar-refractivity contribution in [2.45, 2.75) is 6.42 Å². The lowest BCUT2D eigenvalue weighted by Gasteiger charge is -2.03. The average molecular weight is 184 g/mol. The molecule has 2 aromatic rings. The van der Waals surface area contributed by atoms with E-state index in [9.17, 15) is 0 Å². The maximum absolute atomic E-state index is 8.92. The summed E-state index contributed by atoms with van der Waals surface area (Å²) in [6, 6.07) is 6.10. The quantitative estimate of drug-likeness (QED) is 0.668. The molecular formula is C10H8N4. The van der Waals surface area contributed by atoms with E-state index >= 15 is 0 Å². The van der Waals surface area contributed by atoms with Crippen molar-refractivity contribution in [2.75, 3.05) is 11.9 Å². The van der Waals surface area contributed by atoms with Gasteiger partial charge in [0.2, 0.25) is 0 Å². The van der Waals surface area contributed by atoms with Gasteiger partial charge in [0, 0.05) is 13.0 Å². The summed E-state index contributed by atoms with van der Waals surface area (Å²) in [5.41, 5.74) is 3.74. The van der Waals surface area contributed by atoms with E-state index in [1.165, 1.54) is 0 Å². The van der Waals surface area contributed by atoms with Crippen LogP contribution in [0, 0.1) is 11.3 Å². The maximum Gasteiger partial charge on any atom is 0.144 e. The third-order valence-corrected chi connectivity index (χ3v) is 2.56. The molecule has 4 nitrogen and oxygen atoms in total. The van der Waals surface area contributed by atoms with E-state index in [2.05, 4.69) is 16.4 Å². The Balaban J connectivity index is 2.46. The Hall–Kier alpha value is -2.02. The molecule has 68 valence electrons. The molecule has 0 bridgehead atoms. The number of nitriles is 1. The van der Waals surface area contributed by atoms with Gasteiger partial charge in [0.25, 0.3) is 0 Å². The fraction of sp³-hybridized carbons (Fsp3) is 0.200. The Bertz CT molecular complexity index is 547. The number of imidazole rings is 1. The van der Waals surface area contributed by atoms with E-state index in [0.717, 1.165) is 30.0 Å². The summed E-state index contributed by atoms with van der Waals surface area (Å²) in [4.78, 5) is 4.18. The SMILES string of the molecule is N#Cc1cnc2ccc3c(n12)CCN3. The number of hydrogen-bond donors (Lipinski definition) is 1. The number of rotatable bonds is 0. The van der Waals surface area contributed by atoms with Crippen LogP contribution in [0.4, 0.5) is 5.69 Å². The summed E-state index contributed by atoms with van der Waals surface area (Å²) in [6.45, 7) is 0.942. The molecule has 1 N–H and O–H groups in total. The van der Waals surface area contributed by atoms with Crippen molar-refractivity contribution in [3.05, 3.63) is 29.7 Å². The van der Waals surface area contributed by atoms with E-state index in [1.54, 1.807) is 6.20 Å². The first-order chi connectivity index (χ1) is 6.90. The van der Waals surface area contributed by atoms with Gasteiger partial charge in [-0.1, -0.05) is 0 Å². The van der Waals surface area contributed by atoms with E-state index in [0.29, 0.717) is 5.69 Å². The minimum absolute atomic E-state index is 0.612. The number of nitrogens with one attached hydrogen (secondary N) is 1. The monoisotopic (exact) mass is 184 g/mol. The van der Waals surface area contributed by atoms with Crippen molar-refractivity contribution in [2.24, 2.45) is 0 Å². The molecule has 4 heteroatoms. The van der Waals surface area contributed by atoms with Gasteiger partial charge in [0.05, 0.1) is 17.6 Å². The van der Waals surface area contributed by atoms with Gasteiger partial charge in [0.15, 0.2) is 0 Å². The molecule has 0 atom stereocenters. The highest BCUT2D eigenvalue weighted by Crippen LogP contribution is 2.24. The molecule has 0 amide bonds. The summed E-state index contributed by atoms with van der Waals surface area (Å²) in [5, 5.41) is 12.2. The fourth-order valence-electron chi connectivity index (χ4n) is 1.94. The summed E-state index contributed by atoms with van der Waals surface area (Å²) < 4.78 is 1.93. The Morgan fingerprint density at radius 3 is 3.29 bits per heavy atom. The van der Waals surface area contributed by atoms with Gasteiger partial charge in [-0.3, -0.25) is 4.40 Å². The van der Waals surface area contributed by atoms with Crippen LogP contribution in [0.15, 0.2) is 18.3 Å². The highest BCUT2D eigenvalue weighted by molar-refractivity contribution is 5.60. The Kier molecular flexibility index (Phi) is 1.31. The van der Waals surface area contributed by atoms with Crippen LogP contribution < -0.4 is 5.32 Å². The first kappa shape index (κ1) is 7.39. The van der Waals surface area contributed by atoms with Gasteiger partial charge in [-0.15, -0.1) is 0 Å². The topological polar surface area (TPSA) is 53.1 Å². The second-order valence-electron chi connectivity index (χ2n) is 3.32. The van der Waals surface area contributed by atoms with E-state index in [1.807, 2.05) is 16.5 Å². The van der Waals surface area contributed by atoms with Gasteiger partial charge < -0.3 is 5.32 Å². The minimum Gasteiger partial charge on any atom is -0.383 e. The van der Waals surface area contributed by atoms with Crippen LogP contribution in [-0.4, -0.2) is 15.9 Å². The molecule has 2 aromatic heterocycles. The average Bonchev–Trinajstić information content (AvgIpc) is 2.82. The third-order valence-electron chi connectivity index (χ3n) is 2.56. The van der Waals surface area contributed by atoms with Crippen LogP contribution in [0.2, 0.25) is 0 Å². The van der Waals surface area contributed by atoms with E-state index in [-0.39, 0.29) is 0 Å². The second kappa shape index (κ2) is 2.48. The molecule has 1 aliphatic rings. The van der Waals surface area contributed by atoms with Crippen molar-refractivity contribution in [1.29, 1.82) is 5.26 Å². The van der Waals surface area contributed by atoms with Gasteiger partial charge in [-0.2, -0.15) is 5.26 Å². The second-order valence-corrected chi connectivity index (χ2v) is 3.32. The summed E-state index contributed by atoms with van der Waals surface area (Å²) >= 11 is 0. The molecule has 0 spiro atoms. The van der Waals surface area contributed by atoms with Crippen LogP contribution in [0.25, 0.3) is 5.65 Å². The van der Waals surface area contributed by atoms with Crippen molar-refractivity contribution in [1.82, 2.24) is 9.38 Å². The van der Waals surface area contributed by atoms with Crippen LogP contribution >= 0.6 is 0 Å². The minimum atomic E-state index is 0.612. The van der Waals surface area contributed by atoms with Crippen molar-refractivity contribution in [3.63, 3.8) is 0 Å². The Labute approximate surface area is 80.8 Å². The summed E-state index contributed by atoms with van der Waals surface area (Å²) in [5.74, 6) is 0. The maximum atomic E-state index is 8.92. The van der Waals surface area contributed by atoms with Gasteiger partial charge >= 0.3 is 0 Å². The smallest absolute Gasteiger partial charge is 0.144 e. The van der Waals surface area contributed by atoms with E-state index in [4.69, 9.17) is 5.26 Å². The van der Waals surface area contributed by atoms with Crippen LogP contribution in [0.5, 0.6) is 0 Å². The first-order valence-electron chi connectivity index (χ1n) is 4.53. The number of fused-ring (bicyclic) bond motifs is 3. The number of anilines is 1. The van der Waals surface area contributed by atoms with Gasteiger partial charge in [-0.05, 0) is 12.1 Å². The van der Waals surface area contributed by atoms with Crippen molar-refractivity contribution >= 4 is 11.3 Å².